The number of rotatable bonds is 0. The third kappa shape index (κ3) is 4.38. The van der Waals surface area contributed by atoms with Crippen molar-refractivity contribution in [2.45, 2.75) is 47.5 Å². The van der Waals surface area contributed by atoms with Crippen LogP contribution in [0.1, 0.15) is 47.5 Å². The Bertz CT molecular complexity index is 170. The van der Waals surface area contributed by atoms with Crippen molar-refractivity contribution in [1.29, 1.82) is 0 Å². The topological polar surface area (TPSA) is 0 Å². The molecule has 12 heavy (non-hydrogen) atoms. The zero-order valence-corrected chi connectivity index (χ0v) is 9.15. The van der Waals surface area contributed by atoms with Crippen LogP contribution in [-0.2, 0) is 0 Å². The van der Waals surface area contributed by atoms with Crippen LogP contribution in [0.5, 0.6) is 0 Å². The van der Waals surface area contributed by atoms with Crippen molar-refractivity contribution in [1.82, 2.24) is 0 Å². The predicted molar refractivity (Wildman–Crippen MR) is 57.3 cm³/mol. The van der Waals surface area contributed by atoms with E-state index in [1.165, 1.54) is 18.4 Å². The molecule has 0 radical (unpaired) electrons. The zero-order valence-electron chi connectivity index (χ0n) is 9.15. The highest BCUT2D eigenvalue weighted by Gasteiger charge is 2.13. The van der Waals surface area contributed by atoms with E-state index < -0.39 is 0 Å². The molecule has 0 heterocycles. The van der Waals surface area contributed by atoms with E-state index in [1.807, 2.05) is 13.8 Å². The Morgan fingerprint density at radius 2 is 1.83 bits per heavy atom. The fraction of sp³-hybridized carbons (Fsp3) is 0.667. The van der Waals surface area contributed by atoms with E-state index in [9.17, 15) is 0 Å². The van der Waals surface area contributed by atoms with Crippen LogP contribution in [0.25, 0.3) is 0 Å². The van der Waals surface area contributed by atoms with Crippen LogP contribution >= 0.6 is 0 Å². The van der Waals surface area contributed by atoms with Gasteiger partial charge >= 0.3 is 0 Å². The second-order valence-corrected chi connectivity index (χ2v) is 3.81. The molecule has 0 aliphatic heterocycles. The van der Waals surface area contributed by atoms with E-state index in [2.05, 4.69) is 39.0 Å². The summed E-state index contributed by atoms with van der Waals surface area (Å²) in [5.41, 5.74) is 1.82. The Kier molecular flexibility index (Phi) is 4.96. The number of allylic oxidation sites excluding steroid dienone is 4. The van der Waals surface area contributed by atoms with Crippen molar-refractivity contribution in [3.8, 4) is 0 Å². The van der Waals surface area contributed by atoms with Crippen molar-refractivity contribution in [3.05, 3.63) is 23.8 Å². The molecule has 0 aromatic carbocycles. The van der Waals surface area contributed by atoms with Crippen LogP contribution in [0.4, 0.5) is 0 Å². The van der Waals surface area contributed by atoms with E-state index >= 15 is 0 Å². The molecule has 0 spiro atoms. The standard InChI is InChI=1S/C10H16.C2H6/c1-9-5-4-7-10(2,3)8-6-9;1-2/h5-6,8H,4,7H2,1-3H3;1-2H3. The first kappa shape index (κ1) is 11.5. The molecule has 0 heteroatoms. The summed E-state index contributed by atoms with van der Waals surface area (Å²) in [6.45, 7) is 10.7. The summed E-state index contributed by atoms with van der Waals surface area (Å²) >= 11 is 0. The van der Waals surface area contributed by atoms with Gasteiger partial charge in [-0.25, -0.2) is 0 Å². The van der Waals surface area contributed by atoms with Gasteiger partial charge in [0, 0.05) is 0 Å². The quantitative estimate of drug-likeness (QED) is 0.502. The first-order chi connectivity index (χ1) is 5.60. The van der Waals surface area contributed by atoms with Gasteiger partial charge < -0.3 is 0 Å². The maximum absolute atomic E-state index is 2.31. The molecule has 0 saturated heterocycles. The van der Waals surface area contributed by atoms with Crippen molar-refractivity contribution < 1.29 is 0 Å². The minimum Gasteiger partial charge on any atom is -0.0816 e. The SMILES string of the molecule is CC.CC1=CCCC(C)(C)C=C1. The highest BCUT2D eigenvalue weighted by atomic mass is 14.2. The lowest BCUT2D eigenvalue weighted by Gasteiger charge is -2.16. The van der Waals surface area contributed by atoms with Gasteiger partial charge in [0.25, 0.3) is 0 Å². The van der Waals surface area contributed by atoms with Gasteiger partial charge in [-0.05, 0) is 25.2 Å². The van der Waals surface area contributed by atoms with Gasteiger partial charge in [0.05, 0.1) is 0 Å². The molecule has 1 rings (SSSR count). The van der Waals surface area contributed by atoms with Crippen molar-refractivity contribution >= 4 is 0 Å². The second-order valence-electron chi connectivity index (χ2n) is 3.81. The summed E-state index contributed by atoms with van der Waals surface area (Å²) in [6, 6.07) is 0. The predicted octanol–water partition coefficient (Wildman–Crippen LogP) is 4.34. The monoisotopic (exact) mass is 166 g/mol. The molecule has 0 bridgehead atoms. The van der Waals surface area contributed by atoms with Gasteiger partial charge in [-0.3, -0.25) is 0 Å². The van der Waals surface area contributed by atoms with Gasteiger partial charge in [0.1, 0.15) is 0 Å². The Morgan fingerprint density at radius 1 is 1.25 bits per heavy atom. The summed E-state index contributed by atoms with van der Waals surface area (Å²) in [7, 11) is 0. The molecule has 0 saturated carbocycles. The Balaban J connectivity index is 0.000000561. The third-order valence-corrected chi connectivity index (χ3v) is 2.05. The summed E-state index contributed by atoms with van der Waals surface area (Å²) in [5, 5.41) is 0. The fourth-order valence-corrected chi connectivity index (χ4v) is 1.18. The molecule has 70 valence electrons. The minimum atomic E-state index is 0.411. The Hall–Kier alpha value is -0.520. The molecule has 0 atom stereocenters. The summed E-state index contributed by atoms with van der Waals surface area (Å²) in [6.07, 6.45) is 9.36. The maximum Gasteiger partial charge on any atom is -0.0169 e. The van der Waals surface area contributed by atoms with Gasteiger partial charge in [0.2, 0.25) is 0 Å². The van der Waals surface area contributed by atoms with Crippen molar-refractivity contribution in [3.63, 3.8) is 0 Å². The summed E-state index contributed by atoms with van der Waals surface area (Å²) in [4.78, 5) is 0. The fourth-order valence-electron chi connectivity index (χ4n) is 1.18. The molecule has 0 fully saturated rings. The Morgan fingerprint density at radius 3 is 2.42 bits per heavy atom. The van der Waals surface area contributed by atoms with Gasteiger partial charge in [-0.15, -0.1) is 0 Å². The van der Waals surface area contributed by atoms with Gasteiger partial charge in [0.15, 0.2) is 0 Å². The zero-order chi connectivity index (χ0) is 9.61. The molecule has 0 N–H and O–H groups in total. The van der Waals surface area contributed by atoms with Crippen LogP contribution < -0.4 is 0 Å². The van der Waals surface area contributed by atoms with E-state index in [-0.39, 0.29) is 0 Å². The van der Waals surface area contributed by atoms with Crippen LogP contribution in [0.3, 0.4) is 0 Å². The van der Waals surface area contributed by atoms with Crippen LogP contribution in [-0.4, -0.2) is 0 Å². The van der Waals surface area contributed by atoms with E-state index in [4.69, 9.17) is 0 Å². The molecule has 1 aliphatic rings. The van der Waals surface area contributed by atoms with Gasteiger partial charge in [-0.1, -0.05) is 51.5 Å². The van der Waals surface area contributed by atoms with Crippen LogP contribution in [0.2, 0.25) is 0 Å². The highest BCUT2D eigenvalue weighted by molar-refractivity contribution is 5.20. The van der Waals surface area contributed by atoms with Crippen molar-refractivity contribution in [2.75, 3.05) is 0 Å². The molecule has 1 aliphatic carbocycles. The smallest absolute Gasteiger partial charge is 0.0169 e. The highest BCUT2D eigenvalue weighted by Crippen LogP contribution is 2.27. The molecule has 0 aromatic heterocycles. The number of hydrogen-bond acceptors (Lipinski definition) is 0. The molecular formula is C12H22. The van der Waals surface area contributed by atoms with E-state index in [1.54, 1.807) is 0 Å². The maximum atomic E-state index is 2.31. The third-order valence-electron chi connectivity index (χ3n) is 2.05. The van der Waals surface area contributed by atoms with E-state index in [0.29, 0.717) is 5.41 Å². The summed E-state index contributed by atoms with van der Waals surface area (Å²) < 4.78 is 0. The lowest BCUT2D eigenvalue weighted by Crippen LogP contribution is -2.04. The molecule has 0 unspecified atom stereocenters. The van der Waals surface area contributed by atoms with Gasteiger partial charge in [-0.2, -0.15) is 0 Å². The van der Waals surface area contributed by atoms with Crippen LogP contribution in [0, 0.1) is 5.41 Å². The summed E-state index contributed by atoms with van der Waals surface area (Å²) in [5.74, 6) is 0. The lowest BCUT2D eigenvalue weighted by molar-refractivity contribution is 0.445. The lowest BCUT2D eigenvalue weighted by atomic mass is 9.89. The molecule has 0 amide bonds. The number of hydrogen-bond donors (Lipinski definition) is 0. The second kappa shape index (κ2) is 5.18. The van der Waals surface area contributed by atoms with E-state index in [0.717, 1.165) is 0 Å². The Labute approximate surface area is 77.4 Å². The largest absolute Gasteiger partial charge is 0.0816 e. The molecular weight excluding hydrogens is 144 g/mol. The minimum absolute atomic E-state index is 0.411. The first-order valence-corrected chi connectivity index (χ1v) is 4.96. The first-order valence-electron chi connectivity index (χ1n) is 4.96. The normalized spacial score (nSPS) is 20.2. The average Bonchev–Trinajstić information content (AvgIpc) is 2.17. The molecule has 0 aromatic rings. The van der Waals surface area contributed by atoms with Crippen LogP contribution in [0.15, 0.2) is 23.8 Å². The van der Waals surface area contributed by atoms with Crippen molar-refractivity contribution in [2.24, 2.45) is 5.41 Å². The molecule has 0 nitrogen and oxygen atoms in total. The average molecular weight is 166 g/mol.